The number of nitrogens with one attached hydrogen (secondary N) is 1. The number of ether oxygens (including phenoxy) is 1. The highest BCUT2D eigenvalue weighted by molar-refractivity contribution is 5.82. The molecule has 2 heterocycles. The van der Waals surface area contributed by atoms with Crippen molar-refractivity contribution >= 4 is 17.3 Å². The summed E-state index contributed by atoms with van der Waals surface area (Å²) >= 11 is 0. The maximum absolute atomic E-state index is 12.5. The Balaban J connectivity index is 1.26. The molecule has 1 aliphatic rings. The number of benzene rings is 2. The Kier molecular flexibility index (Phi) is 6.79. The maximum Gasteiger partial charge on any atom is 0.292 e. The Morgan fingerprint density at radius 3 is 2.58 bits per heavy atom. The van der Waals surface area contributed by atoms with Crippen LogP contribution >= 0.6 is 0 Å². The van der Waals surface area contributed by atoms with Gasteiger partial charge < -0.3 is 19.5 Å². The van der Waals surface area contributed by atoms with E-state index in [1.807, 2.05) is 24.3 Å². The molecule has 0 bridgehead atoms. The van der Waals surface area contributed by atoms with Crippen LogP contribution in [0.3, 0.4) is 0 Å². The van der Waals surface area contributed by atoms with Gasteiger partial charge in [0.05, 0.1) is 25.1 Å². The number of para-hydroxylation sites is 2. The molecular formula is C22H24N6O5. The van der Waals surface area contributed by atoms with Crippen LogP contribution in [0.15, 0.2) is 53.1 Å². The molecule has 0 saturated carbocycles. The number of hydrogen-bond acceptors (Lipinski definition) is 9. The molecule has 11 heteroatoms. The Morgan fingerprint density at radius 1 is 1.15 bits per heavy atom. The standard InChI is InChI=1S/C22H24N6O5/c1-32-17-8-6-16(7-9-17)22-24-20(33-25-22)15-26-10-12-27(13-11-26)21(29)14-23-18-4-2-3-5-19(18)28(30)31/h2-9,23H,10-15H2,1H3. The number of nitro benzene ring substituents is 1. The number of nitrogens with zero attached hydrogens (tertiary/aromatic N) is 5. The van der Waals surface area contributed by atoms with Gasteiger partial charge in [-0.2, -0.15) is 4.98 Å². The normalized spacial score (nSPS) is 14.2. The van der Waals surface area contributed by atoms with Gasteiger partial charge in [0, 0.05) is 37.8 Å². The molecule has 0 atom stereocenters. The van der Waals surface area contributed by atoms with Crippen molar-refractivity contribution in [1.29, 1.82) is 0 Å². The molecule has 0 aliphatic carbocycles. The van der Waals surface area contributed by atoms with E-state index in [1.54, 1.807) is 30.2 Å². The lowest BCUT2D eigenvalue weighted by Gasteiger charge is -2.34. The number of piperazine rings is 1. The largest absolute Gasteiger partial charge is 0.497 e. The molecule has 1 aromatic heterocycles. The first-order chi connectivity index (χ1) is 16.0. The molecule has 2 aromatic carbocycles. The second kappa shape index (κ2) is 10.1. The number of carbonyl (C=O) groups excluding carboxylic acids is 1. The molecular weight excluding hydrogens is 428 g/mol. The lowest BCUT2D eigenvalue weighted by Crippen LogP contribution is -2.49. The summed E-state index contributed by atoms with van der Waals surface area (Å²) in [4.78, 5) is 31.5. The zero-order valence-corrected chi connectivity index (χ0v) is 18.1. The zero-order chi connectivity index (χ0) is 23.2. The summed E-state index contributed by atoms with van der Waals surface area (Å²) in [6, 6.07) is 13.7. The van der Waals surface area contributed by atoms with Gasteiger partial charge in [-0.05, 0) is 30.3 Å². The van der Waals surface area contributed by atoms with Crippen LogP contribution in [-0.4, -0.2) is 70.6 Å². The van der Waals surface area contributed by atoms with Gasteiger partial charge in [0.2, 0.25) is 17.6 Å². The zero-order valence-electron chi connectivity index (χ0n) is 18.1. The lowest BCUT2D eigenvalue weighted by atomic mass is 10.2. The highest BCUT2D eigenvalue weighted by Crippen LogP contribution is 2.23. The third-order valence-corrected chi connectivity index (χ3v) is 5.43. The van der Waals surface area contributed by atoms with Gasteiger partial charge in [-0.1, -0.05) is 17.3 Å². The number of nitro groups is 1. The van der Waals surface area contributed by atoms with Crippen LogP contribution in [0.1, 0.15) is 5.89 Å². The van der Waals surface area contributed by atoms with Crippen LogP contribution in [0, 0.1) is 10.1 Å². The lowest BCUT2D eigenvalue weighted by molar-refractivity contribution is -0.383. The molecule has 0 spiro atoms. The molecule has 0 radical (unpaired) electrons. The van der Waals surface area contributed by atoms with Crippen LogP contribution in [0.4, 0.5) is 11.4 Å². The predicted octanol–water partition coefficient (Wildman–Crippen LogP) is 2.41. The Hall–Kier alpha value is -3.99. The number of carbonyl (C=O) groups is 1. The van der Waals surface area contributed by atoms with Gasteiger partial charge in [0.25, 0.3) is 5.69 Å². The Labute approximate surface area is 190 Å². The summed E-state index contributed by atoms with van der Waals surface area (Å²) < 4.78 is 10.5. The van der Waals surface area contributed by atoms with Crippen molar-refractivity contribution in [3.63, 3.8) is 0 Å². The van der Waals surface area contributed by atoms with E-state index < -0.39 is 4.92 Å². The van der Waals surface area contributed by atoms with Gasteiger partial charge >= 0.3 is 0 Å². The molecule has 1 aliphatic heterocycles. The minimum atomic E-state index is -0.469. The second-order valence-electron chi connectivity index (χ2n) is 7.52. The topological polar surface area (TPSA) is 127 Å². The van der Waals surface area contributed by atoms with Crippen molar-refractivity contribution in [1.82, 2.24) is 19.9 Å². The minimum Gasteiger partial charge on any atom is -0.497 e. The van der Waals surface area contributed by atoms with Gasteiger partial charge in [0.1, 0.15) is 11.4 Å². The van der Waals surface area contributed by atoms with Crippen LogP contribution < -0.4 is 10.1 Å². The van der Waals surface area contributed by atoms with Gasteiger partial charge in [-0.15, -0.1) is 0 Å². The molecule has 0 unspecified atom stereocenters. The van der Waals surface area contributed by atoms with E-state index in [0.717, 1.165) is 11.3 Å². The average molecular weight is 452 g/mol. The first-order valence-corrected chi connectivity index (χ1v) is 10.5. The first kappa shape index (κ1) is 22.2. The maximum atomic E-state index is 12.5. The van der Waals surface area contributed by atoms with E-state index in [0.29, 0.717) is 50.1 Å². The van der Waals surface area contributed by atoms with Crippen molar-refractivity contribution in [3.05, 3.63) is 64.5 Å². The minimum absolute atomic E-state index is 0.000264. The van der Waals surface area contributed by atoms with Crippen molar-refractivity contribution in [2.45, 2.75) is 6.54 Å². The summed E-state index contributed by atoms with van der Waals surface area (Å²) in [5.74, 6) is 1.68. The SMILES string of the molecule is COc1ccc(-c2noc(CN3CCN(C(=O)CNc4ccccc4[N+](=O)[O-])CC3)n2)cc1. The van der Waals surface area contributed by atoms with Crippen LogP contribution in [0.2, 0.25) is 0 Å². The second-order valence-corrected chi connectivity index (χ2v) is 7.52. The summed E-state index contributed by atoms with van der Waals surface area (Å²) in [5, 5.41) is 18.0. The Morgan fingerprint density at radius 2 is 1.88 bits per heavy atom. The van der Waals surface area contributed by atoms with Crippen LogP contribution in [0.5, 0.6) is 5.75 Å². The molecule has 1 N–H and O–H groups in total. The molecule has 33 heavy (non-hydrogen) atoms. The molecule has 3 aromatic rings. The fourth-order valence-corrected chi connectivity index (χ4v) is 3.59. The predicted molar refractivity (Wildman–Crippen MR) is 120 cm³/mol. The highest BCUT2D eigenvalue weighted by Gasteiger charge is 2.23. The number of amides is 1. The van der Waals surface area contributed by atoms with E-state index in [2.05, 4.69) is 20.4 Å². The number of rotatable bonds is 8. The fourth-order valence-electron chi connectivity index (χ4n) is 3.59. The summed E-state index contributed by atoms with van der Waals surface area (Å²) in [6.07, 6.45) is 0. The number of methoxy groups -OCH3 is 1. The molecule has 11 nitrogen and oxygen atoms in total. The molecule has 1 saturated heterocycles. The van der Waals surface area contributed by atoms with Gasteiger partial charge in [-0.3, -0.25) is 19.8 Å². The highest BCUT2D eigenvalue weighted by atomic mass is 16.6. The number of aromatic nitrogens is 2. The third kappa shape index (κ3) is 5.44. The summed E-state index contributed by atoms with van der Waals surface area (Å²) in [7, 11) is 1.61. The summed E-state index contributed by atoms with van der Waals surface area (Å²) in [6.45, 7) is 2.93. The smallest absolute Gasteiger partial charge is 0.292 e. The monoisotopic (exact) mass is 452 g/mol. The molecule has 4 rings (SSSR count). The molecule has 1 fully saturated rings. The van der Waals surface area contributed by atoms with E-state index in [4.69, 9.17) is 9.26 Å². The fraction of sp³-hybridized carbons (Fsp3) is 0.318. The van der Waals surface area contributed by atoms with Crippen molar-refractivity contribution in [2.24, 2.45) is 0 Å². The van der Waals surface area contributed by atoms with Crippen molar-refractivity contribution in [2.75, 3.05) is 45.2 Å². The number of hydrogen-bond donors (Lipinski definition) is 1. The summed E-state index contributed by atoms with van der Waals surface area (Å²) in [5.41, 5.74) is 1.12. The van der Waals surface area contributed by atoms with Gasteiger partial charge in [-0.25, -0.2) is 0 Å². The van der Waals surface area contributed by atoms with Crippen LogP contribution in [0.25, 0.3) is 11.4 Å². The first-order valence-electron chi connectivity index (χ1n) is 10.5. The van der Waals surface area contributed by atoms with Crippen molar-refractivity contribution < 1.29 is 19.0 Å². The number of anilines is 1. The van der Waals surface area contributed by atoms with E-state index in [9.17, 15) is 14.9 Å². The quantitative estimate of drug-likeness (QED) is 0.405. The molecule has 172 valence electrons. The van der Waals surface area contributed by atoms with Gasteiger partial charge in [0.15, 0.2) is 0 Å². The molecule has 1 amide bonds. The van der Waals surface area contributed by atoms with E-state index in [1.165, 1.54) is 6.07 Å². The van der Waals surface area contributed by atoms with Crippen molar-refractivity contribution in [3.8, 4) is 17.1 Å². The van der Waals surface area contributed by atoms with E-state index >= 15 is 0 Å². The van der Waals surface area contributed by atoms with E-state index in [-0.39, 0.29) is 18.1 Å². The Bertz CT molecular complexity index is 1110. The van der Waals surface area contributed by atoms with Crippen LogP contribution in [-0.2, 0) is 11.3 Å². The third-order valence-electron chi connectivity index (χ3n) is 5.43. The average Bonchev–Trinajstić information content (AvgIpc) is 3.31.